The number of halogens is 2. The first-order chi connectivity index (χ1) is 13.4. The van der Waals surface area contributed by atoms with Crippen LogP contribution in [0.25, 0.3) is 11.0 Å². The van der Waals surface area contributed by atoms with Gasteiger partial charge in [-0.1, -0.05) is 35.3 Å². The molecule has 28 heavy (non-hydrogen) atoms. The summed E-state index contributed by atoms with van der Waals surface area (Å²) in [4.78, 5) is 30.1. The van der Waals surface area contributed by atoms with Crippen LogP contribution in [0.5, 0.6) is 0 Å². The summed E-state index contributed by atoms with van der Waals surface area (Å²) in [5, 5.41) is 1.34. The average Bonchev–Trinajstić information content (AvgIpc) is 2.93. The van der Waals surface area contributed by atoms with Gasteiger partial charge in [-0.3, -0.25) is 9.59 Å². The van der Waals surface area contributed by atoms with Gasteiger partial charge in [0.2, 0.25) is 5.76 Å². The van der Waals surface area contributed by atoms with Gasteiger partial charge < -0.3 is 14.2 Å². The fourth-order valence-electron chi connectivity index (χ4n) is 3.55. The molecule has 2 heterocycles. The van der Waals surface area contributed by atoms with Gasteiger partial charge in [0.25, 0.3) is 5.91 Å². The first kappa shape index (κ1) is 19.0. The molecule has 7 heteroatoms. The lowest BCUT2D eigenvalue weighted by atomic mass is 9.98. The predicted octanol–water partition coefficient (Wildman–Crippen LogP) is 4.21. The molecule has 0 radical (unpaired) electrons. The van der Waals surface area contributed by atoms with Gasteiger partial charge in [0.1, 0.15) is 5.58 Å². The van der Waals surface area contributed by atoms with Crippen molar-refractivity contribution in [2.45, 2.75) is 6.04 Å². The Bertz CT molecular complexity index is 1140. The van der Waals surface area contributed by atoms with Gasteiger partial charge in [0.15, 0.2) is 5.43 Å². The van der Waals surface area contributed by atoms with Crippen molar-refractivity contribution >= 4 is 40.1 Å². The lowest BCUT2D eigenvalue weighted by Gasteiger charge is -2.26. The molecule has 1 atom stereocenters. The van der Waals surface area contributed by atoms with E-state index in [1.807, 2.05) is 31.1 Å². The van der Waals surface area contributed by atoms with Gasteiger partial charge in [-0.15, -0.1) is 0 Å². The fraction of sp³-hybridized carbons (Fsp3) is 0.238. The van der Waals surface area contributed by atoms with E-state index in [1.54, 1.807) is 35.2 Å². The number of fused-ring (bicyclic) bond motifs is 2. The van der Waals surface area contributed by atoms with Crippen LogP contribution in [0.1, 0.15) is 27.7 Å². The monoisotopic (exact) mass is 416 g/mol. The van der Waals surface area contributed by atoms with Gasteiger partial charge in [-0.05, 0) is 50.0 Å². The zero-order valence-corrected chi connectivity index (χ0v) is 16.9. The minimum Gasteiger partial charge on any atom is -0.450 e. The van der Waals surface area contributed by atoms with E-state index in [9.17, 15) is 9.59 Å². The number of carbonyl (C=O) groups is 1. The highest BCUT2D eigenvalue weighted by Crippen LogP contribution is 2.38. The number of amides is 1. The van der Waals surface area contributed by atoms with Gasteiger partial charge in [-0.25, -0.2) is 0 Å². The Kier molecular flexibility index (Phi) is 4.91. The van der Waals surface area contributed by atoms with Crippen molar-refractivity contribution in [1.82, 2.24) is 9.80 Å². The van der Waals surface area contributed by atoms with Crippen molar-refractivity contribution in [1.29, 1.82) is 0 Å². The lowest BCUT2D eigenvalue weighted by Crippen LogP contribution is -2.35. The summed E-state index contributed by atoms with van der Waals surface area (Å²) >= 11 is 12.3. The second kappa shape index (κ2) is 7.24. The third-order valence-electron chi connectivity index (χ3n) is 4.88. The molecule has 0 aliphatic carbocycles. The molecule has 5 nitrogen and oxygen atoms in total. The molecule has 4 rings (SSSR count). The first-order valence-corrected chi connectivity index (χ1v) is 9.60. The molecular formula is C21H18Cl2N2O3. The maximum atomic E-state index is 13.3. The van der Waals surface area contributed by atoms with E-state index in [2.05, 4.69) is 0 Å². The highest BCUT2D eigenvalue weighted by molar-refractivity contribution is 6.31. The van der Waals surface area contributed by atoms with Crippen LogP contribution in [0.15, 0.2) is 51.7 Å². The lowest BCUT2D eigenvalue weighted by molar-refractivity contribution is 0.0716. The van der Waals surface area contributed by atoms with Crippen LogP contribution in [-0.2, 0) is 0 Å². The molecule has 1 aromatic heterocycles. The van der Waals surface area contributed by atoms with Crippen LogP contribution in [0.2, 0.25) is 10.0 Å². The van der Waals surface area contributed by atoms with Crippen LogP contribution in [-0.4, -0.2) is 42.9 Å². The molecular weight excluding hydrogens is 399 g/mol. The summed E-state index contributed by atoms with van der Waals surface area (Å²) in [6.45, 7) is 1.10. The number of hydrogen-bond acceptors (Lipinski definition) is 4. The molecule has 0 fully saturated rings. The highest BCUT2D eigenvalue weighted by atomic mass is 35.5. The first-order valence-electron chi connectivity index (χ1n) is 8.84. The summed E-state index contributed by atoms with van der Waals surface area (Å²) < 4.78 is 5.87. The number of rotatable bonds is 4. The largest absolute Gasteiger partial charge is 0.450 e. The second-order valence-electron chi connectivity index (χ2n) is 7.07. The van der Waals surface area contributed by atoms with Crippen LogP contribution >= 0.6 is 23.2 Å². The Balaban J connectivity index is 1.96. The molecule has 1 aliphatic heterocycles. The van der Waals surface area contributed by atoms with E-state index in [1.165, 1.54) is 0 Å². The Hall–Kier alpha value is -2.34. The number of benzene rings is 2. The Labute approximate surface area is 172 Å². The second-order valence-corrected chi connectivity index (χ2v) is 7.95. The quantitative estimate of drug-likeness (QED) is 0.639. The molecule has 0 unspecified atom stereocenters. The predicted molar refractivity (Wildman–Crippen MR) is 110 cm³/mol. The summed E-state index contributed by atoms with van der Waals surface area (Å²) in [7, 11) is 3.86. The number of nitrogens with zero attached hydrogens (tertiary/aromatic N) is 2. The van der Waals surface area contributed by atoms with Crippen molar-refractivity contribution in [3.05, 3.63) is 79.6 Å². The highest BCUT2D eigenvalue weighted by Gasteiger charge is 2.42. The zero-order valence-electron chi connectivity index (χ0n) is 15.4. The molecule has 0 bridgehead atoms. The van der Waals surface area contributed by atoms with Crippen LogP contribution in [0.3, 0.4) is 0 Å². The van der Waals surface area contributed by atoms with Crippen molar-refractivity contribution in [2.24, 2.45) is 0 Å². The normalized spacial score (nSPS) is 16.2. The summed E-state index contributed by atoms with van der Waals surface area (Å²) in [6, 6.07) is 11.5. The number of carbonyl (C=O) groups excluding carboxylic acids is 1. The number of hydrogen-bond donors (Lipinski definition) is 0. The molecule has 1 aliphatic rings. The average molecular weight is 417 g/mol. The third kappa shape index (κ3) is 3.20. The maximum Gasteiger partial charge on any atom is 0.290 e. The number of likely N-dealkylation sites (N-methyl/N-ethyl adjacent to an activating group) is 1. The molecule has 1 amide bonds. The molecule has 0 saturated carbocycles. The zero-order chi connectivity index (χ0) is 20.0. The third-order valence-corrected chi connectivity index (χ3v) is 5.35. The topological polar surface area (TPSA) is 53.8 Å². The minimum atomic E-state index is -0.555. The van der Waals surface area contributed by atoms with Gasteiger partial charge >= 0.3 is 0 Å². The summed E-state index contributed by atoms with van der Waals surface area (Å²) in [5.41, 5.74) is 1.21. The SMILES string of the molecule is CN(C)CCN1C(=O)c2oc3ccc(Cl)cc3c(=O)c2[C@H]1c1cccc(Cl)c1. The van der Waals surface area contributed by atoms with E-state index >= 15 is 0 Å². The molecule has 3 aromatic rings. The Morgan fingerprint density at radius 2 is 1.82 bits per heavy atom. The van der Waals surface area contributed by atoms with Gasteiger partial charge in [0, 0.05) is 23.1 Å². The molecule has 0 saturated heterocycles. The van der Waals surface area contributed by atoms with E-state index in [0.717, 1.165) is 5.56 Å². The molecule has 0 N–H and O–H groups in total. The fourth-order valence-corrected chi connectivity index (χ4v) is 3.93. The smallest absolute Gasteiger partial charge is 0.290 e. The van der Waals surface area contributed by atoms with Crippen molar-refractivity contribution in [3.63, 3.8) is 0 Å². The van der Waals surface area contributed by atoms with Gasteiger partial charge in [-0.2, -0.15) is 0 Å². The van der Waals surface area contributed by atoms with Crippen LogP contribution in [0.4, 0.5) is 0 Å². The van der Waals surface area contributed by atoms with Crippen molar-refractivity contribution in [2.75, 3.05) is 27.2 Å². The maximum absolute atomic E-state index is 13.3. The van der Waals surface area contributed by atoms with Crippen molar-refractivity contribution in [3.8, 4) is 0 Å². The van der Waals surface area contributed by atoms with Crippen molar-refractivity contribution < 1.29 is 9.21 Å². The minimum absolute atomic E-state index is 0.0866. The molecule has 0 spiro atoms. The Morgan fingerprint density at radius 1 is 1.07 bits per heavy atom. The van der Waals surface area contributed by atoms with Crippen LogP contribution in [0, 0.1) is 0 Å². The van der Waals surface area contributed by atoms with E-state index in [0.29, 0.717) is 39.7 Å². The van der Waals surface area contributed by atoms with Gasteiger partial charge in [0.05, 0.1) is 17.0 Å². The Morgan fingerprint density at radius 3 is 2.54 bits per heavy atom. The summed E-state index contributed by atoms with van der Waals surface area (Å²) in [6.07, 6.45) is 0. The standard InChI is InChI=1S/C21H18Cl2N2O3/c1-24(2)8-9-25-18(12-4-3-5-13(22)10-12)17-19(26)15-11-14(23)6-7-16(15)28-20(17)21(25)27/h3-7,10-11,18H,8-9H2,1-2H3/t18-/m1/s1. The van der Waals surface area contributed by atoms with E-state index in [-0.39, 0.29) is 17.1 Å². The van der Waals surface area contributed by atoms with E-state index in [4.69, 9.17) is 27.6 Å². The molecule has 2 aromatic carbocycles. The van der Waals surface area contributed by atoms with Crippen LogP contribution < -0.4 is 5.43 Å². The van der Waals surface area contributed by atoms with E-state index < -0.39 is 6.04 Å². The summed E-state index contributed by atoms with van der Waals surface area (Å²) in [5.74, 6) is -0.209. The molecule has 144 valence electrons.